The summed E-state index contributed by atoms with van der Waals surface area (Å²) in [6, 6.07) is 19.4. The molecule has 130 valence electrons. The number of nitrogen functional groups attached to an aromatic ring is 1. The van der Waals surface area contributed by atoms with Gasteiger partial charge in [0.25, 0.3) is 5.56 Å². The highest BCUT2D eigenvalue weighted by Gasteiger charge is 2.13. The van der Waals surface area contributed by atoms with Gasteiger partial charge in [0.1, 0.15) is 5.03 Å². The van der Waals surface area contributed by atoms with Crippen LogP contribution in [0.4, 0.5) is 5.82 Å². The minimum atomic E-state index is -0.336. The number of aromatic nitrogens is 3. The summed E-state index contributed by atoms with van der Waals surface area (Å²) in [5.41, 5.74) is 2.90. The largest absolute Gasteiger partial charge is 0.307 e. The van der Waals surface area contributed by atoms with Crippen LogP contribution in [0.1, 0.15) is 5.56 Å². The van der Waals surface area contributed by atoms with Crippen LogP contribution in [0.25, 0.3) is 22.5 Å². The quantitative estimate of drug-likeness (QED) is 0.167. The SMILES string of the molecule is C=Cc1c(S)nc2c3ccccc3c(NN)nn2c1=O.c1ccccc1. The molecule has 0 saturated carbocycles. The molecule has 0 aliphatic carbocycles. The van der Waals surface area contributed by atoms with Gasteiger partial charge >= 0.3 is 0 Å². The van der Waals surface area contributed by atoms with E-state index in [4.69, 9.17) is 5.84 Å². The Morgan fingerprint density at radius 3 is 2.15 bits per heavy atom. The van der Waals surface area contributed by atoms with Crippen molar-refractivity contribution in [1.82, 2.24) is 14.6 Å². The summed E-state index contributed by atoms with van der Waals surface area (Å²) < 4.78 is 1.20. The van der Waals surface area contributed by atoms with Crippen LogP contribution in [0.3, 0.4) is 0 Å². The minimum Gasteiger partial charge on any atom is -0.307 e. The molecule has 0 aliphatic rings. The van der Waals surface area contributed by atoms with E-state index in [9.17, 15) is 4.79 Å². The van der Waals surface area contributed by atoms with Crippen molar-refractivity contribution in [2.45, 2.75) is 5.03 Å². The number of nitrogens with zero attached hydrogens (tertiary/aromatic N) is 3. The molecule has 0 unspecified atom stereocenters. The van der Waals surface area contributed by atoms with Crippen molar-refractivity contribution in [3.8, 4) is 0 Å². The van der Waals surface area contributed by atoms with E-state index in [0.29, 0.717) is 22.1 Å². The summed E-state index contributed by atoms with van der Waals surface area (Å²) in [4.78, 5) is 16.7. The molecule has 6 nitrogen and oxygen atoms in total. The van der Waals surface area contributed by atoms with Gasteiger partial charge in [0.15, 0.2) is 11.5 Å². The lowest BCUT2D eigenvalue weighted by molar-refractivity contribution is 0.851. The molecule has 2 heterocycles. The fourth-order valence-electron chi connectivity index (χ4n) is 2.49. The Bertz CT molecular complexity index is 1100. The van der Waals surface area contributed by atoms with Gasteiger partial charge in [-0.3, -0.25) is 4.79 Å². The fraction of sp³-hybridized carbons (Fsp3) is 0. The van der Waals surface area contributed by atoms with Crippen molar-refractivity contribution >= 4 is 40.9 Å². The van der Waals surface area contributed by atoms with Crippen LogP contribution in [0.5, 0.6) is 0 Å². The predicted molar refractivity (Wildman–Crippen MR) is 108 cm³/mol. The molecule has 2 aromatic heterocycles. The second-order valence-corrected chi connectivity index (χ2v) is 5.71. The average Bonchev–Trinajstić information content (AvgIpc) is 2.70. The zero-order chi connectivity index (χ0) is 18.5. The molecule has 0 saturated heterocycles. The van der Waals surface area contributed by atoms with Crippen LogP contribution in [-0.4, -0.2) is 14.6 Å². The number of rotatable bonds is 2. The second-order valence-electron chi connectivity index (χ2n) is 5.29. The molecule has 0 fully saturated rings. The lowest BCUT2D eigenvalue weighted by Gasteiger charge is -2.10. The summed E-state index contributed by atoms with van der Waals surface area (Å²) in [7, 11) is 0. The van der Waals surface area contributed by atoms with Crippen LogP contribution in [0, 0.1) is 0 Å². The Morgan fingerprint density at radius 2 is 1.62 bits per heavy atom. The van der Waals surface area contributed by atoms with Crippen LogP contribution >= 0.6 is 12.6 Å². The standard InChI is InChI=1S/C13H11N5OS.C6H6/c1-2-7-12(20)15-11-9-6-4-3-5-8(9)10(16-14)17-18(11)13(7)19;1-2-4-6-5-3-1/h2-6,20H,1,14H2,(H,16,17);1-6H. The number of hydrogen-bond acceptors (Lipinski definition) is 6. The van der Waals surface area contributed by atoms with Gasteiger partial charge in [0.05, 0.1) is 5.56 Å². The third-order valence-electron chi connectivity index (χ3n) is 3.71. The van der Waals surface area contributed by atoms with Gasteiger partial charge in [0, 0.05) is 10.8 Å². The molecule has 3 N–H and O–H groups in total. The first-order valence-electron chi connectivity index (χ1n) is 7.81. The van der Waals surface area contributed by atoms with Crippen LogP contribution < -0.4 is 16.8 Å². The van der Waals surface area contributed by atoms with Gasteiger partial charge in [-0.1, -0.05) is 73.3 Å². The summed E-state index contributed by atoms with van der Waals surface area (Å²) in [5.74, 6) is 5.88. The van der Waals surface area contributed by atoms with E-state index < -0.39 is 0 Å². The highest BCUT2D eigenvalue weighted by molar-refractivity contribution is 7.80. The third kappa shape index (κ3) is 3.30. The number of fused-ring (bicyclic) bond motifs is 3. The first-order chi connectivity index (χ1) is 12.7. The summed E-state index contributed by atoms with van der Waals surface area (Å²) in [5, 5.41) is 6.06. The molecule has 2 aromatic carbocycles. The van der Waals surface area contributed by atoms with Crippen LogP contribution in [-0.2, 0) is 0 Å². The number of benzene rings is 2. The van der Waals surface area contributed by atoms with Crippen LogP contribution in [0.15, 0.2) is 77.1 Å². The zero-order valence-corrected chi connectivity index (χ0v) is 14.7. The molecular formula is C19H17N5OS. The van der Waals surface area contributed by atoms with E-state index in [-0.39, 0.29) is 5.56 Å². The molecular weight excluding hydrogens is 346 g/mol. The Morgan fingerprint density at radius 1 is 1.04 bits per heavy atom. The van der Waals surface area contributed by atoms with E-state index >= 15 is 0 Å². The van der Waals surface area contributed by atoms with Gasteiger partial charge in [-0.05, 0) is 0 Å². The zero-order valence-electron chi connectivity index (χ0n) is 13.8. The van der Waals surface area contributed by atoms with Crippen LogP contribution in [0.2, 0.25) is 0 Å². The predicted octanol–water partition coefficient (Wildman–Crippen LogP) is 3.15. The van der Waals surface area contributed by atoms with Crippen molar-refractivity contribution in [1.29, 1.82) is 0 Å². The van der Waals surface area contributed by atoms with Gasteiger partial charge in [0.2, 0.25) is 0 Å². The van der Waals surface area contributed by atoms with Crippen molar-refractivity contribution in [2.75, 3.05) is 5.43 Å². The van der Waals surface area contributed by atoms with Crippen molar-refractivity contribution in [3.63, 3.8) is 0 Å². The Balaban J connectivity index is 0.000000278. The van der Waals surface area contributed by atoms with Crippen molar-refractivity contribution < 1.29 is 0 Å². The maximum Gasteiger partial charge on any atom is 0.282 e. The summed E-state index contributed by atoms with van der Waals surface area (Å²) >= 11 is 4.23. The highest BCUT2D eigenvalue weighted by atomic mass is 32.1. The number of hydrogen-bond donors (Lipinski definition) is 3. The van der Waals surface area contributed by atoms with Gasteiger partial charge < -0.3 is 5.43 Å². The molecule has 0 atom stereocenters. The third-order valence-corrected chi connectivity index (χ3v) is 4.05. The lowest BCUT2D eigenvalue weighted by atomic mass is 10.2. The number of hydrazine groups is 1. The Labute approximate surface area is 155 Å². The summed E-state index contributed by atoms with van der Waals surface area (Å²) in [6.07, 6.45) is 1.41. The molecule has 4 aromatic rings. The average molecular weight is 363 g/mol. The van der Waals surface area contributed by atoms with Gasteiger partial charge in [-0.2, -0.15) is 4.52 Å². The van der Waals surface area contributed by atoms with E-state index in [1.54, 1.807) is 0 Å². The minimum absolute atomic E-state index is 0.302. The normalized spacial score (nSPS) is 10.2. The van der Waals surface area contributed by atoms with Gasteiger partial charge in [-0.25, -0.2) is 10.8 Å². The first kappa shape index (κ1) is 17.7. The lowest BCUT2D eigenvalue weighted by Crippen LogP contribution is -2.23. The topological polar surface area (TPSA) is 85.3 Å². The highest BCUT2D eigenvalue weighted by Crippen LogP contribution is 2.24. The van der Waals surface area contributed by atoms with Gasteiger partial charge in [-0.15, -0.1) is 17.7 Å². The monoisotopic (exact) mass is 363 g/mol. The maximum atomic E-state index is 12.4. The summed E-state index contributed by atoms with van der Waals surface area (Å²) in [6.45, 7) is 3.59. The van der Waals surface area contributed by atoms with E-state index in [1.807, 2.05) is 60.7 Å². The number of nitrogens with one attached hydrogen (secondary N) is 1. The molecule has 4 rings (SSSR count). The fourth-order valence-corrected chi connectivity index (χ4v) is 2.77. The number of anilines is 1. The maximum absolute atomic E-state index is 12.4. The molecule has 0 aliphatic heterocycles. The number of thiol groups is 1. The van der Waals surface area contributed by atoms with E-state index in [1.165, 1.54) is 10.6 Å². The molecule has 26 heavy (non-hydrogen) atoms. The molecule has 0 spiro atoms. The Hall–Kier alpha value is -3.16. The Kier molecular flexibility index (Phi) is 5.31. The first-order valence-corrected chi connectivity index (χ1v) is 8.26. The molecule has 0 radical (unpaired) electrons. The number of nitrogens with two attached hydrogens (primary N) is 1. The molecule has 0 amide bonds. The molecule has 7 heteroatoms. The van der Waals surface area contributed by atoms with Crippen molar-refractivity contribution in [2.24, 2.45) is 5.84 Å². The van der Waals surface area contributed by atoms with Crippen molar-refractivity contribution in [3.05, 3.63) is 83.2 Å². The smallest absolute Gasteiger partial charge is 0.282 e. The molecule has 0 bridgehead atoms. The second kappa shape index (κ2) is 7.81. The van der Waals surface area contributed by atoms with E-state index in [2.05, 4.69) is 34.7 Å². The van der Waals surface area contributed by atoms with E-state index in [0.717, 1.165) is 10.8 Å².